The van der Waals surface area contributed by atoms with Gasteiger partial charge in [0, 0.05) is 11.8 Å². The quantitative estimate of drug-likeness (QED) is 0.712. The number of rotatable bonds is 2. The number of hydrogen-bond donors (Lipinski definition) is 0. The molecule has 3 rings (SSSR count). The normalized spacial score (nSPS) is 11.8. The molecule has 0 atom stereocenters. The van der Waals surface area contributed by atoms with E-state index in [-0.39, 0.29) is 5.52 Å². The lowest BCUT2D eigenvalue weighted by molar-refractivity contribution is -0.145. The lowest BCUT2D eigenvalue weighted by Gasteiger charge is -2.11. The summed E-state index contributed by atoms with van der Waals surface area (Å²) in [5.74, 6) is -0.467. The van der Waals surface area contributed by atoms with E-state index in [1.165, 1.54) is 13.2 Å². The average molecular weight is 292 g/mol. The largest absolute Gasteiger partial charge is 0.497 e. The number of ether oxygens (including phenoxy) is 1. The smallest absolute Gasteiger partial charge is 0.450 e. The fourth-order valence-electron chi connectivity index (χ4n) is 2.21. The summed E-state index contributed by atoms with van der Waals surface area (Å²) in [6, 6.07) is 13.0. The van der Waals surface area contributed by atoms with Crippen LogP contribution in [0.4, 0.5) is 13.2 Å². The lowest BCUT2D eigenvalue weighted by Crippen LogP contribution is -2.13. The first-order valence-electron chi connectivity index (χ1n) is 6.20. The summed E-state index contributed by atoms with van der Waals surface area (Å²) in [5, 5.41) is 0. The Kier molecular flexibility index (Phi) is 3.08. The second-order valence-corrected chi connectivity index (χ2v) is 4.46. The van der Waals surface area contributed by atoms with Crippen molar-refractivity contribution < 1.29 is 17.9 Å². The monoisotopic (exact) mass is 292 g/mol. The standard InChI is InChI=1S/C15H11F3N2O/c1-21-11-7-8-12-13(9-11)20(10-5-3-2-4-6-10)14(19-12)15(16,17)18/h2-9H,1H3. The Morgan fingerprint density at radius 2 is 1.76 bits per heavy atom. The van der Waals surface area contributed by atoms with Gasteiger partial charge in [-0.15, -0.1) is 0 Å². The highest BCUT2D eigenvalue weighted by molar-refractivity contribution is 5.80. The Morgan fingerprint density at radius 3 is 2.38 bits per heavy atom. The zero-order valence-electron chi connectivity index (χ0n) is 11.1. The molecule has 0 aliphatic heterocycles. The van der Waals surface area contributed by atoms with Gasteiger partial charge in [0.05, 0.1) is 18.1 Å². The number of methoxy groups -OCH3 is 1. The highest BCUT2D eigenvalue weighted by atomic mass is 19.4. The summed E-state index contributed by atoms with van der Waals surface area (Å²) in [5.41, 5.74) is 1.03. The minimum Gasteiger partial charge on any atom is -0.497 e. The third kappa shape index (κ3) is 2.33. The predicted octanol–water partition coefficient (Wildman–Crippen LogP) is 4.05. The molecule has 1 heterocycles. The van der Waals surface area contributed by atoms with Crippen molar-refractivity contribution in [1.29, 1.82) is 0 Å². The molecule has 1 aromatic heterocycles. The molecule has 0 aliphatic carbocycles. The van der Waals surface area contributed by atoms with Gasteiger partial charge in [-0.1, -0.05) is 18.2 Å². The molecule has 2 aromatic carbocycles. The second-order valence-electron chi connectivity index (χ2n) is 4.46. The molecule has 6 heteroatoms. The number of alkyl halides is 3. The van der Waals surface area contributed by atoms with Crippen LogP contribution in [0.15, 0.2) is 48.5 Å². The number of fused-ring (bicyclic) bond motifs is 1. The molecule has 0 saturated heterocycles. The van der Waals surface area contributed by atoms with Crippen molar-refractivity contribution in [2.24, 2.45) is 0 Å². The number of benzene rings is 2. The molecule has 0 unspecified atom stereocenters. The van der Waals surface area contributed by atoms with Crippen LogP contribution in [0.1, 0.15) is 5.82 Å². The van der Waals surface area contributed by atoms with Crippen LogP contribution in [0, 0.1) is 0 Å². The van der Waals surface area contributed by atoms with Gasteiger partial charge in [-0.2, -0.15) is 13.2 Å². The summed E-state index contributed by atoms with van der Waals surface area (Å²) in [6.07, 6.45) is -4.54. The van der Waals surface area contributed by atoms with Crippen molar-refractivity contribution >= 4 is 11.0 Å². The highest BCUT2D eigenvalue weighted by Crippen LogP contribution is 2.34. The van der Waals surface area contributed by atoms with E-state index in [1.807, 2.05) is 0 Å². The summed E-state index contributed by atoms with van der Waals surface area (Å²) in [7, 11) is 1.47. The zero-order chi connectivity index (χ0) is 15.0. The van der Waals surface area contributed by atoms with Crippen LogP contribution in [0.5, 0.6) is 5.75 Å². The van der Waals surface area contributed by atoms with Gasteiger partial charge in [-0.3, -0.25) is 4.57 Å². The van der Waals surface area contributed by atoms with Crippen LogP contribution < -0.4 is 4.74 Å². The molecule has 3 nitrogen and oxygen atoms in total. The van der Waals surface area contributed by atoms with Gasteiger partial charge in [-0.05, 0) is 24.3 Å². The molecular formula is C15H11F3N2O. The van der Waals surface area contributed by atoms with Crippen LogP contribution in [-0.2, 0) is 6.18 Å². The Balaban J connectivity index is 2.37. The van der Waals surface area contributed by atoms with Crippen LogP contribution in [-0.4, -0.2) is 16.7 Å². The first kappa shape index (κ1) is 13.5. The summed E-state index contributed by atoms with van der Waals surface area (Å²) in [4.78, 5) is 3.72. The molecule has 21 heavy (non-hydrogen) atoms. The first-order chi connectivity index (χ1) is 10.0. The highest BCUT2D eigenvalue weighted by Gasteiger charge is 2.38. The van der Waals surface area contributed by atoms with E-state index in [0.717, 1.165) is 4.57 Å². The van der Waals surface area contributed by atoms with Crippen LogP contribution >= 0.6 is 0 Å². The molecule has 3 aromatic rings. The van der Waals surface area contributed by atoms with Crippen molar-refractivity contribution in [2.75, 3.05) is 7.11 Å². The van der Waals surface area contributed by atoms with Crippen molar-refractivity contribution in [3.63, 3.8) is 0 Å². The molecule has 0 amide bonds. The maximum atomic E-state index is 13.2. The van der Waals surface area contributed by atoms with Gasteiger partial charge in [-0.25, -0.2) is 4.98 Å². The summed E-state index contributed by atoms with van der Waals surface area (Å²) < 4.78 is 45.9. The Morgan fingerprint density at radius 1 is 1.05 bits per heavy atom. The van der Waals surface area contributed by atoms with Gasteiger partial charge in [0.2, 0.25) is 5.82 Å². The molecular weight excluding hydrogens is 281 g/mol. The van der Waals surface area contributed by atoms with Crippen molar-refractivity contribution in [2.45, 2.75) is 6.18 Å². The average Bonchev–Trinajstić information content (AvgIpc) is 2.86. The van der Waals surface area contributed by atoms with E-state index >= 15 is 0 Å². The third-order valence-corrected chi connectivity index (χ3v) is 3.13. The summed E-state index contributed by atoms with van der Waals surface area (Å²) >= 11 is 0. The van der Waals surface area contributed by atoms with Gasteiger partial charge < -0.3 is 4.74 Å². The molecule has 0 bridgehead atoms. The number of hydrogen-bond acceptors (Lipinski definition) is 2. The third-order valence-electron chi connectivity index (χ3n) is 3.13. The molecule has 0 aliphatic rings. The number of nitrogens with zero attached hydrogens (tertiary/aromatic N) is 2. The van der Waals surface area contributed by atoms with Gasteiger partial charge in [0.15, 0.2) is 0 Å². The van der Waals surface area contributed by atoms with E-state index in [2.05, 4.69) is 4.98 Å². The minimum atomic E-state index is -4.54. The number of aromatic nitrogens is 2. The maximum absolute atomic E-state index is 13.2. The predicted molar refractivity (Wildman–Crippen MR) is 72.6 cm³/mol. The van der Waals surface area contributed by atoms with Gasteiger partial charge >= 0.3 is 6.18 Å². The molecule has 0 spiro atoms. The van der Waals surface area contributed by atoms with E-state index < -0.39 is 12.0 Å². The van der Waals surface area contributed by atoms with Crippen LogP contribution in [0.25, 0.3) is 16.7 Å². The first-order valence-corrected chi connectivity index (χ1v) is 6.20. The van der Waals surface area contributed by atoms with Crippen molar-refractivity contribution in [1.82, 2.24) is 9.55 Å². The molecule has 0 fully saturated rings. The molecule has 108 valence electrons. The zero-order valence-corrected chi connectivity index (χ0v) is 11.1. The van der Waals surface area contributed by atoms with Crippen molar-refractivity contribution in [3.8, 4) is 11.4 Å². The number of halogens is 3. The Labute approximate surface area is 118 Å². The Hall–Kier alpha value is -2.50. The minimum absolute atomic E-state index is 0.270. The number of imidazole rings is 1. The Bertz CT molecular complexity index is 779. The molecule has 0 radical (unpaired) electrons. The van der Waals surface area contributed by atoms with E-state index in [0.29, 0.717) is 17.0 Å². The fraction of sp³-hybridized carbons (Fsp3) is 0.133. The lowest BCUT2D eigenvalue weighted by atomic mass is 10.2. The topological polar surface area (TPSA) is 27.1 Å². The molecule has 0 N–H and O–H groups in total. The van der Waals surface area contributed by atoms with E-state index in [1.54, 1.807) is 42.5 Å². The van der Waals surface area contributed by atoms with Crippen molar-refractivity contribution in [3.05, 3.63) is 54.4 Å². The SMILES string of the molecule is COc1ccc2nc(C(F)(F)F)n(-c3ccccc3)c2c1. The van der Waals surface area contributed by atoms with Crippen LogP contribution in [0.2, 0.25) is 0 Å². The van der Waals surface area contributed by atoms with Gasteiger partial charge in [0.1, 0.15) is 5.75 Å². The summed E-state index contributed by atoms with van der Waals surface area (Å²) in [6.45, 7) is 0. The van der Waals surface area contributed by atoms with Gasteiger partial charge in [0.25, 0.3) is 0 Å². The second kappa shape index (κ2) is 4.80. The number of para-hydroxylation sites is 1. The maximum Gasteiger partial charge on any atom is 0.450 e. The van der Waals surface area contributed by atoms with Crippen LogP contribution in [0.3, 0.4) is 0 Å². The molecule has 0 saturated carbocycles. The fourth-order valence-corrected chi connectivity index (χ4v) is 2.21. The van der Waals surface area contributed by atoms with E-state index in [4.69, 9.17) is 4.74 Å². The van der Waals surface area contributed by atoms with E-state index in [9.17, 15) is 13.2 Å².